The topological polar surface area (TPSA) is 307 Å². The zero-order chi connectivity index (χ0) is 76.7. The van der Waals surface area contributed by atoms with Crippen LogP contribution in [0.3, 0.4) is 0 Å². The Morgan fingerprint density at radius 1 is 0.349 bits per heavy atom. The average molecular weight is 1500 g/mol. The molecule has 17 unspecified atom stereocenters. The number of allylic oxidation sites excluding steroid dienone is 17. The predicted molar refractivity (Wildman–Crippen MR) is 424 cm³/mol. The highest BCUT2D eigenvalue weighted by Crippen LogP contribution is 2.33. The number of hydrogen-bond acceptors (Lipinski definition) is 18. The highest BCUT2D eigenvalue weighted by molar-refractivity contribution is 5.76. The Morgan fingerprint density at radius 3 is 1.02 bits per heavy atom. The van der Waals surface area contributed by atoms with Crippen LogP contribution in [0.2, 0.25) is 0 Å². The zero-order valence-electron chi connectivity index (χ0n) is 65.6. The molecule has 19 nitrogen and oxygen atoms in total. The third kappa shape index (κ3) is 45.1. The Balaban J connectivity index is 1.38. The first-order valence-electron chi connectivity index (χ1n) is 42.1. The van der Waals surface area contributed by atoms with Gasteiger partial charge in [-0.2, -0.15) is 0 Å². The van der Waals surface area contributed by atoms with E-state index in [1.165, 1.54) is 161 Å². The lowest BCUT2D eigenvalue weighted by atomic mass is 9.96. The number of ether oxygens (including phenoxy) is 6. The fourth-order valence-corrected chi connectivity index (χ4v) is 13.6. The highest BCUT2D eigenvalue weighted by atomic mass is 16.8. The molecule has 0 aromatic rings. The van der Waals surface area contributed by atoms with Crippen LogP contribution in [0.1, 0.15) is 303 Å². The standard InChI is InChI=1S/C87H151NO18/c1-3-5-7-9-11-13-15-17-19-21-23-25-27-29-31-33-35-37-39-41-43-45-47-49-51-53-55-57-59-61-63-65-75(93)88-70(71(92)64-62-60-58-56-54-52-50-48-46-44-42-40-38-36-34-32-30-28-26-24-22-20-18-16-14-12-10-8-6-4-2)69-101-85-81(99)78(96)83(73(67-90)103-85)106-87-82(100)79(97)84(74(68-91)104-87)105-86-80(98)77(95)76(94)72(66-89)102-86/h5,7,11,13,17,19,23,25,29,31,35,37,41,43,47,49,62,64,70-74,76-87,89-92,94-100H,3-4,6,8-10,12,14-16,18,20-22,24,26-28,30,32-34,36,38-40,42,44-46,48,50-61,63,65-69H2,1-2H3,(H,88,93)/b7-5-,13-11-,19-17-,25-23-,31-29-,37-35-,43-41-,49-47-,64-62+. The van der Waals surface area contributed by atoms with Crippen molar-refractivity contribution in [3.05, 3.63) is 109 Å². The predicted octanol–water partition coefficient (Wildman–Crippen LogP) is 14.9. The van der Waals surface area contributed by atoms with Gasteiger partial charge < -0.3 is 89.9 Å². The lowest BCUT2D eigenvalue weighted by molar-refractivity contribution is -0.379. The van der Waals surface area contributed by atoms with Crippen LogP contribution in [0.25, 0.3) is 0 Å². The van der Waals surface area contributed by atoms with Gasteiger partial charge in [0.2, 0.25) is 5.91 Å². The van der Waals surface area contributed by atoms with Gasteiger partial charge in [0.05, 0.1) is 38.6 Å². The summed E-state index contributed by atoms with van der Waals surface area (Å²) in [6.07, 6.45) is 65.0. The molecule has 0 spiro atoms. The second-order valence-electron chi connectivity index (χ2n) is 29.6. The molecular formula is C87H151NO18. The number of unbranched alkanes of at least 4 members (excludes halogenated alkanes) is 34. The molecule has 3 aliphatic heterocycles. The van der Waals surface area contributed by atoms with Crippen molar-refractivity contribution in [2.45, 2.75) is 407 Å². The summed E-state index contributed by atoms with van der Waals surface area (Å²) < 4.78 is 34.5. The van der Waals surface area contributed by atoms with Gasteiger partial charge in [-0.05, 0) is 83.5 Å². The van der Waals surface area contributed by atoms with Crippen LogP contribution < -0.4 is 5.32 Å². The minimum Gasteiger partial charge on any atom is -0.394 e. The van der Waals surface area contributed by atoms with Gasteiger partial charge in [0, 0.05) is 6.42 Å². The summed E-state index contributed by atoms with van der Waals surface area (Å²) in [7, 11) is 0. The van der Waals surface area contributed by atoms with Crippen LogP contribution in [0.15, 0.2) is 109 Å². The van der Waals surface area contributed by atoms with E-state index in [1.807, 2.05) is 6.08 Å². The van der Waals surface area contributed by atoms with Gasteiger partial charge >= 0.3 is 0 Å². The molecule has 0 aromatic heterocycles. The largest absolute Gasteiger partial charge is 0.394 e. The summed E-state index contributed by atoms with van der Waals surface area (Å²) in [5, 5.41) is 121. The van der Waals surface area contributed by atoms with Crippen LogP contribution in [0.5, 0.6) is 0 Å². The quantitative estimate of drug-likeness (QED) is 0.0199. The first kappa shape index (κ1) is 96.6. The molecule has 19 heteroatoms. The average Bonchev–Trinajstić information content (AvgIpc) is 0.780. The fourth-order valence-electron chi connectivity index (χ4n) is 13.6. The maximum Gasteiger partial charge on any atom is 0.220 e. The number of rotatable bonds is 66. The number of hydrogen-bond donors (Lipinski definition) is 12. The zero-order valence-corrected chi connectivity index (χ0v) is 65.6. The van der Waals surface area contributed by atoms with E-state index in [1.54, 1.807) is 6.08 Å². The third-order valence-electron chi connectivity index (χ3n) is 20.3. The van der Waals surface area contributed by atoms with Gasteiger partial charge in [-0.1, -0.05) is 322 Å². The maximum absolute atomic E-state index is 13.5. The number of aliphatic hydroxyl groups is 11. The van der Waals surface area contributed by atoms with Crippen molar-refractivity contribution < 1.29 is 89.4 Å². The van der Waals surface area contributed by atoms with E-state index in [2.05, 4.69) is 116 Å². The number of aliphatic hydroxyl groups excluding tert-OH is 11. The van der Waals surface area contributed by atoms with E-state index in [0.29, 0.717) is 6.42 Å². The molecule has 17 atom stereocenters. The van der Waals surface area contributed by atoms with Gasteiger partial charge in [0.15, 0.2) is 18.9 Å². The molecule has 3 rings (SSSR count). The molecule has 3 fully saturated rings. The van der Waals surface area contributed by atoms with Crippen LogP contribution >= 0.6 is 0 Å². The lowest BCUT2D eigenvalue weighted by Gasteiger charge is -2.48. The summed E-state index contributed by atoms with van der Waals surface area (Å²) in [4.78, 5) is 13.5. The van der Waals surface area contributed by atoms with Crippen molar-refractivity contribution in [2.75, 3.05) is 26.4 Å². The Hall–Kier alpha value is -3.55. The molecule has 0 saturated carbocycles. The molecule has 0 aliphatic carbocycles. The summed E-state index contributed by atoms with van der Waals surface area (Å²) >= 11 is 0. The Kier molecular flexibility index (Phi) is 60.3. The molecule has 0 bridgehead atoms. The monoisotopic (exact) mass is 1500 g/mol. The van der Waals surface area contributed by atoms with Gasteiger partial charge in [0.25, 0.3) is 0 Å². The minimum atomic E-state index is -1.99. The molecule has 0 aromatic carbocycles. The normalized spacial score (nSPS) is 26.2. The van der Waals surface area contributed by atoms with Crippen LogP contribution in [0, 0.1) is 0 Å². The summed E-state index contributed by atoms with van der Waals surface area (Å²) in [5.74, 6) is -0.291. The van der Waals surface area contributed by atoms with Crippen molar-refractivity contribution in [1.29, 1.82) is 0 Å². The minimum absolute atomic E-state index is 0.220. The Bertz CT molecular complexity index is 2340. The molecule has 3 heterocycles. The van der Waals surface area contributed by atoms with E-state index in [4.69, 9.17) is 28.4 Å². The number of amides is 1. The van der Waals surface area contributed by atoms with Crippen LogP contribution in [-0.4, -0.2) is 193 Å². The van der Waals surface area contributed by atoms with Crippen molar-refractivity contribution in [2.24, 2.45) is 0 Å². The summed E-state index contributed by atoms with van der Waals surface area (Å²) in [5.41, 5.74) is 0. The van der Waals surface area contributed by atoms with Gasteiger partial charge in [-0.3, -0.25) is 4.79 Å². The van der Waals surface area contributed by atoms with Gasteiger partial charge in [-0.15, -0.1) is 0 Å². The molecule has 3 saturated heterocycles. The van der Waals surface area contributed by atoms with Crippen LogP contribution in [-0.2, 0) is 33.2 Å². The second kappa shape index (κ2) is 66.1. The number of carbonyl (C=O) groups excluding carboxylic acids is 1. The van der Waals surface area contributed by atoms with Crippen molar-refractivity contribution >= 4 is 5.91 Å². The Morgan fingerprint density at radius 2 is 0.651 bits per heavy atom. The third-order valence-corrected chi connectivity index (χ3v) is 20.3. The molecule has 0 radical (unpaired) electrons. The molecule has 3 aliphatic rings. The second-order valence-corrected chi connectivity index (χ2v) is 29.6. The van der Waals surface area contributed by atoms with E-state index >= 15 is 0 Å². The highest BCUT2D eigenvalue weighted by Gasteiger charge is 2.54. The summed E-state index contributed by atoms with van der Waals surface area (Å²) in [6, 6.07) is -0.992. The first-order valence-corrected chi connectivity index (χ1v) is 42.1. The van der Waals surface area contributed by atoms with Crippen molar-refractivity contribution in [3.63, 3.8) is 0 Å². The van der Waals surface area contributed by atoms with E-state index in [9.17, 15) is 61.0 Å². The lowest BCUT2D eigenvalue weighted by Crippen LogP contribution is -2.66. The van der Waals surface area contributed by atoms with Gasteiger partial charge in [0.1, 0.15) is 73.2 Å². The van der Waals surface area contributed by atoms with E-state index in [-0.39, 0.29) is 18.9 Å². The molecule has 1 amide bonds. The Labute approximate surface area is 640 Å². The van der Waals surface area contributed by atoms with E-state index in [0.717, 1.165) is 116 Å². The van der Waals surface area contributed by atoms with Crippen molar-refractivity contribution in [3.8, 4) is 0 Å². The first-order chi connectivity index (χ1) is 51.8. The maximum atomic E-state index is 13.5. The van der Waals surface area contributed by atoms with Crippen molar-refractivity contribution in [1.82, 2.24) is 5.32 Å². The molecule has 12 N–H and O–H groups in total. The number of carbonyl (C=O) groups is 1. The van der Waals surface area contributed by atoms with Crippen LogP contribution in [0.4, 0.5) is 0 Å². The van der Waals surface area contributed by atoms with E-state index < -0.39 is 124 Å². The smallest absolute Gasteiger partial charge is 0.220 e. The molecule has 106 heavy (non-hydrogen) atoms. The van der Waals surface area contributed by atoms with Gasteiger partial charge in [-0.25, -0.2) is 0 Å². The molecular weight excluding hydrogens is 1350 g/mol. The molecule has 612 valence electrons. The fraction of sp³-hybridized carbons (Fsp3) is 0.782. The SMILES string of the molecule is CC/C=C\C/C=C\C/C=C\C/C=C\C/C=C\C/C=C\C/C=C\C/C=C\CCCCCCCCC(=O)NC(COC1OC(CO)C(OC2OC(CO)C(OC3OC(CO)C(O)C(O)C3O)C(O)C2O)C(O)C1O)C(O)/C=C/CCCCCCCCCCCCCCCCCCCCCCCCCCCCCC. The number of nitrogens with one attached hydrogen (secondary N) is 1. The summed E-state index contributed by atoms with van der Waals surface area (Å²) in [6.45, 7) is 1.64.